The van der Waals surface area contributed by atoms with Crippen LogP contribution >= 0.6 is 0 Å². The smallest absolute Gasteiger partial charge is 0.246 e. The van der Waals surface area contributed by atoms with Gasteiger partial charge in [-0.3, -0.25) is 9.59 Å². The highest BCUT2D eigenvalue weighted by atomic mass is 16.5. The third kappa shape index (κ3) is 34.7. The normalized spacial score (nSPS) is 9.76. The lowest BCUT2D eigenvalue weighted by atomic mass is 10.2. The molecule has 0 aromatic heterocycles. The van der Waals surface area contributed by atoms with E-state index in [1.807, 2.05) is 41.5 Å². The van der Waals surface area contributed by atoms with Crippen LogP contribution in [0.1, 0.15) is 80.1 Å². The predicted molar refractivity (Wildman–Crippen MR) is 120 cm³/mol. The van der Waals surface area contributed by atoms with Gasteiger partial charge < -0.3 is 24.8 Å². The van der Waals surface area contributed by atoms with Gasteiger partial charge in [0.15, 0.2) is 0 Å². The Morgan fingerprint density at radius 3 is 1.79 bits per heavy atom. The number of carbonyl (C=O) groups excluding carboxylic acids is 2. The van der Waals surface area contributed by atoms with E-state index in [1.165, 1.54) is 0 Å². The van der Waals surface area contributed by atoms with E-state index < -0.39 is 0 Å². The van der Waals surface area contributed by atoms with E-state index in [0.717, 1.165) is 64.7 Å². The van der Waals surface area contributed by atoms with Crippen LogP contribution in [0.15, 0.2) is 0 Å². The summed E-state index contributed by atoms with van der Waals surface area (Å²) in [5.74, 6) is -0.0536. The Morgan fingerprint density at radius 2 is 1.31 bits per heavy atom. The van der Waals surface area contributed by atoms with Gasteiger partial charge in [0.2, 0.25) is 12.3 Å². The van der Waals surface area contributed by atoms with Gasteiger partial charge in [0, 0.05) is 26.3 Å². The van der Waals surface area contributed by atoms with Crippen molar-refractivity contribution in [2.24, 2.45) is 0 Å². The number of carbonyl (C=O) groups is 2. The van der Waals surface area contributed by atoms with Crippen LogP contribution in [-0.2, 0) is 23.8 Å². The number of hydrogen-bond donors (Lipinski definition) is 2. The molecular formula is C22H48N2O5. The molecule has 0 heterocycles. The second-order valence-electron chi connectivity index (χ2n) is 6.13. The van der Waals surface area contributed by atoms with Gasteiger partial charge in [-0.1, -0.05) is 27.7 Å². The van der Waals surface area contributed by atoms with E-state index in [1.54, 1.807) is 0 Å². The summed E-state index contributed by atoms with van der Waals surface area (Å²) in [6.07, 6.45) is 6.83. The van der Waals surface area contributed by atoms with E-state index in [2.05, 4.69) is 10.6 Å². The van der Waals surface area contributed by atoms with Crippen molar-refractivity contribution in [3.63, 3.8) is 0 Å². The zero-order chi connectivity index (χ0) is 22.6. The van der Waals surface area contributed by atoms with Gasteiger partial charge in [0.05, 0.1) is 19.3 Å². The van der Waals surface area contributed by atoms with Crippen LogP contribution < -0.4 is 10.6 Å². The monoisotopic (exact) mass is 420 g/mol. The fourth-order valence-electron chi connectivity index (χ4n) is 2.02. The maximum atomic E-state index is 11.4. The Hall–Kier alpha value is -1.18. The van der Waals surface area contributed by atoms with Crippen molar-refractivity contribution in [3.05, 3.63) is 0 Å². The van der Waals surface area contributed by atoms with E-state index in [-0.39, 0.29) is 18.6 Å². The third-order valence-electron chi connectivity index (χ3n) is 3.40. The molecule has 0 radical (unpaired) electrons. The summed E-state index contributed by atoms with van der Waals surface area (Å²) in [7, 11) is 0. The molecule has 0 saturated heterocycles. The number of unbranched alkanes of at least 4 members (excludes halogenated alkanes) is 4. The summed E-state index contributed by atoms with van der Waals surface area (Å²) in [6, 6.07) is 0. The molecule has 0 saturated carbocycles. The van der Waals surface area contributed by atoms with E-state index in [9.17, 15) is 9.59 Å². The molecule has 0 aromatic carbocycles. The van der Waals surface area contributed by atoms with Crippen molar-refractivity contribution in [1.29, 1.82) is 0 Å². The molecule has 0 unspecified atom stereocenters. The van der Waals surface area contributed by atoms with E-state index in [0.29, 0.717) is 19.8 Å². The first-order chi connectivity index (χ1) is 14.2. The van der Waals surface area contributed by atoms with Crippen LogP contribution in [0, 0.1) is 0 Å². The lowest BCUT2D eigenvalue weighted by Crippen LogP contribution is -2.29. The van der Waals surface area contributed by atoms with Gasteiger partial charge in [0.25, 0.3) is 0 Å². The van der Waals surface area contributed by atoms with Crippen LogP contribution in [-0.4, -0.2) is 64.5 Å². The molecule has 29 heavy (non-hydrogen) atoms. The molecular weight excluding hydrogens is 372 g/mol. The van der Waals surface area contributed by atoms with Crippen LogP contribution in [0.3, 0.4) is 0 Å². The highest BCUT2D eigenvalue weighted by Gasteiger charge is 2.02. The molecule has 0 aliphatic carbocycles. The molecule has 2 N–H and O–H groups in total. The van der Waals surface area contributed by atoms with Crippen molar-refractivity contribution >= 4 is 12.3 Å². The SMILES string of the molecule is CC.CC.CC(C)OCC(=O)NCCCCCOCCOCCCCCNC=O. The molecule has 0 fully saturated rings. The number of amides is 2. The van der Waals surface area contributed by atoms with Gasteiger partial charge in [-0.15, -0.1) is 0 Å². The van der Waals surface area contributed by atoms with Gasteiger partial charge in [0.1, 0.15) is 6.61 Å². The first kappa shape index (κ1) is 32.5. The van der Waals surface area contributed by atoms with Gasteiger partial charge >= 0.3 is 0 Å². The maximum Gasteiger partial charge on any atom is 0.246 e. The Labute approximate surface area is 179 Å². The standard InChI is InChI=1S/C18H36N2O5.2C2H6/c1-17(2)25-15-18(22)20-10-6-4-8-12-24-14-13-23-11-7-3-5-9-19-16-21;2*1-2/h16-17H,3-15H2,1-2H3,(H,19,21)(H,20,22);2*1-2H3. The molecule has 7 nitrogen and oxygen atoms in total. The molecule has 0 spiro atoms. The second-order valence-corrected chi connectivity index (χ2v) is 6.13. The zero-order valence-electron chi connectivity index (χ0n) is 19.9. The van der Waals surface area contributed by atoms with Gasteiger partial charge in [-0.2, -0.15) is 0 Å². The molecule has 0 aromatic rings. The summed E-state index contributed by atoms with van der Waals surface area (Å²) in [4.78, 5) is 21.4. The van der Waals surface area contributed by atoms with Crippen molar-refractivity contribution in [2.75, 3.05) is 46.1 Å². The highest BCUT2D eigenvalue weighted by molar-refractivity contribution is 5.77. The number of nitrogens with one attached hydrogen (secondary N) is 2. The highest BCUT2D eigenvalue weighted by Crippen LogP contribution is 1.97. The molecule has 0 bridgehead atoms. The van der Waals surface area contributed by atoms with Crippen LogP contribution in [0.2, 0.25) is 0 Å². The Balaban J connectivity index is -0.00000158. The lowest BCUT2D eigenvalue weighted by Gasteiger charge is -2.08. The molecule has 0 atom stereocenters. The molecule has 0 aliphatic heterocycles. The summed E-state index contributed by atoms with van der Waals surface area (Å²) in [5, 5.41) is 5.48. The zero-order valence-corrected chi connectivity index (χ0v) is 19.9. The minimum absolute atomic E-state index is 0.0536. The fourth-order valence-corrected chi connectivity index (χ4v) is 2.02. The van der Waals surface area contributed by atoms with Crippen molar-refractivity contribution in [3.8, 4) is 0 Å². The topological polar surface area (TPSA) is 85.9 Å². The molecule has 0 aliphatic rings. The van der Waals surface area contributed by atoms with Crippen LogP contribution in [0.25, 0.3) is 0 Å². The van der Waals surface area contributed by atoms with Gasteiger partial charge in [-0.05, 0) is 52.4 Å². The summed E-state index contributed by atoms with van der Waals surface area (Å²) in [6.45, 7) is 16.1. The Bertz CT molecular complexity index is 316. The number of hydrogen-bond acceptors (Lipinski definition) is 5. The summed E-state index contributed by atoms with van der Waals surface area (Å²) >= 11 is 0. The predicted octanol–water partition coefficient (Wildman–Crippen LogP) is 3.70. The molecule has 0 rings (SSSR count). The Kier molecular flexibility index (Phi) is 35.3. The van der Waals surface area contributed by atoms with Crippen LogP contribution in [0.5, 0.6) is 0 Å². The average molecular weight is 421 g/mol. The molecule has 2 amide bonds. The van der Waals surface area contributed by atoms with E-state index in [4.69, 9.17) is 14.2 Å². The first-order valence-electron chi connectivity index (χ1n) is 11.4. The molecule has 176 valence electrons. The fraction of sp³-hybridized carbons (Fsp3) is 0.909. The second kappa shape index (κ2) is 31.5. The summed E-state index contributed by atoms with van der Waals surface area (Å²) < 4.78 is 16.2. The Morgan fingerprint density at radius 1 is 0.793 bits per heavy atom. The lowest BCUT2D eigenvalue weighted by molar-refractivity contribution is -0.127. The number of ether oxygens (including phenoxy) is 3. The third-order valence-corrected chi connectivity index (χ3v) is 3.40. The summed E-state index contributed by atoms with van der Waals surface area (Å²) in [5.41, 5.74) is 0. The maximum absolute atomic E-state index is 11.4. The quantitative estimate of drug-likeness (QED) is 0.246. The number of rotatable bonds is 19. The van der Waals surface area contributed by atoms with Crippen molar-refractivity contribution < 1.29 is 23.8 Å². The van der Waals surface area contributed by atoms with Crippen molar-refractivity contribution in [1.82, 2.24) is 10.6 Å². The average Bonchev–Trinajstić information content (AvgIpc) is 2.74. The van der Waals surface area contributed by atoms with E-state index >= 15 is 0 Å². The molecule has 7 heteroatoms. The van der Waals surface area contributed by atoms with Crippen molar-refractivity contribution in [2.45, 2.75) is 86.2 Å². The largest absolute Gasteiger partial charge is 0.379 e. The van der Waals surface area contributed by atoms with Gasteiger partial charge in [-0.25, -0.2) is 0 Å². The minimum atomic E-state index is -0.0536. The minimum Gasteiger partial charge on any atom is -0.379 e. The van der Waals surface area contributed by atoms with Crippen LogP contribution in [0.4, 0.5) is 0 Å². The first-order valence-corrected chi connectivity index (χ1v) is 11.4.